The summed E-state index contributed by atoms with van der Waals surface area (Å²) in [5.74, 6) is 0. The number of para-hydroxylation sites is 2. The molecule has 7 heteroatoms. The first-order chi connectivity index (χ1) is 16.2. The van der Waals surface area contributed by atoms with E-state index in [-0.39, 0.29) is 24.8 Å². The maximum absolute atomic E-state index is 4.94. The van der Waals surface area contributed by atoms with E-state index in [1.54, 1.807) is 0 Å². The number of anilines is 2. The second-order valence-electron chi connectivity index (χ2n) is 8.62. The van der Waals surface area contributed by atoms with Crippen molar-refractivity contribution in [3.05, 3.63) is 59.7 Å². The predicted molar refractivity (Wildman–Crippen MR) is 138 cm³/mol. The van der Waals surface area contributed by atoms with Crippen molar-refractivity contribution in [3.8, 4) is 0 Å². The molecule has 0 N–H and O–H groups in total. The normalized spacial score (nSPS) is 13.6. The SMILES string of the molecule is C1CCOC1.C1CCOC1.CCC[N]([Zr+2][N](CCC)c1ccccc1C)c1ccccc1C.[Cl-].[Cl-]. The Morgan fingerprint density at radius 1 is 0.629 bits per heavy atom. The largest absolute Gasteiger partial charge is 1.00 e. The zero-order valence-corrected chi connectivity index (χ0v) is 26.0. The molecular weight excluding hydrogens is 558 g/mol. The van der Waals surface area contributed by atoms with Crippen LogP contribution in [0.3, 0.4) is 0 Å². The van der Waals surface area contributed by atoms with Crippen LogP contribution in [-0.4, -0.2) is 39.5 Å². The van der Waals surface area contributed by atoms with Gasteiger partial charge in [-0.25, -0.2) is 0 Å². The van der Waals surface area contributed by atoms with Gasteiger partial charge in [-0.2, -0.15) is 0 Å². The summed E-state index contributed by atoms with van der Waals surface area (Å²) >= 11 is -0.891. The molecule has 2 aromatic rings. The molecule has 2 heterocycles. The number of hydrogen-bond acceptors (Lipinski definition) is 4. The Morgan fingerprint density at radius 2 is 0.971 bits per heavy atom. The summed E-state index contributed by atoms with van der Waals surface area (Å²) in [6, 6.07) is 17.6. The second kappa shape index (κ2) is 21.5. The molecule has 35 heavy (non-hydrogen) atoms. The quantitative estimate of drug-likeness (QED) is 0.450. The third kappa shape index (κ3) is 13.5. The minimum Gasteiger partial charge on any atom is -1.00 e. The van der Waals surface area contributed by atoms with E-state index in [1.807, 2.05) is 0 Å². The van der Waals surface area contributed by atoms with Gasteiger partial charge < -0.3 is 34.3 Å². The zero-order chi connectivity index (χ0) is 23.7. The van der Waals surface area contributed by atoms with Crippen LogP contribution in [0.5, 0.6) is 0 Å². The van der Waals surface area contributed by atoms with Gasteiger partial charge in [0, 0.05) is 26.4 Å². The topological polar surface area (TPSA) is 24.9 Å². The van der Waals surface area contributed by atoms with E-state index < -0.39 is 23.8 Å². The molecular formula is C28H44Cl2N2O2Zr. The number of ether oxygens (including phenoxy) is 2. The molecule has 0 amide bonds. The van der Waals surface area contributed by atoms with Gasteiger partial charge >= 0.3 is 154 Å². The van der Waals surface area contributed by atoms with Gasteiger partial charge in [0.1, 0.15) is 0 Å². The molecule has 2 fully saturated rings. The summed E-state index contributed by atoms with van der Waals surface area (Å²) in [7, 11) is 0. The zero-order valence-electron chi connectivity index (χ0n) is 22.1. The Balaban J connectivity index is 0.000000793. The van der Waals surface area contributed by atoms with Gasteiger partial charge in [-0.15, -0.1) is 0 Å². The fourth-order valence-corrected chi connectivity index (χ4v) is 7.86. The minimum atomic E-state index is -0.891. The first-order valence-electron chi connectivity index (χ1n) is 12.8. The van der Waals surface area contributed by atoms with Gasteiger partial charge in [0.25, 0.3) is 0 Å². The van der Waals surface area contributed by atoms with Crippen molar-refractivity contribution in [1.82, 2.24) is 0 Å². The molecule has 0 aliphatic carbocycles. The van der Waals surface area contributed by atoms with Crippen LogP contribution in [0.2, 0.25) is 0 Å². The van der Waals surface area contributed by atoms with Gasteiger partial charge in [0.05, 0.1) is 0 Å². The van der Waals surface area contributed by atoms with Crippen molar-refractivity contribution >= 4 is 11.4 Å². The maximum Gasteiger partial charge on any atom is -1.00 e. The number of benzene rings is 2. The van der Waals surface area contributed by atoms with Crippen molar-refractivity contribution < 1.29 is 58.1 Å². The molecule has 2 aliphatic rings. The molecule has 4 rings (SSSR count). The number of nitrogens with zero attached hydrogens (tertiary/aromatic N) is 2. The molecule has 0 bridgehead atoms. The molecule has 196 valence electrons. The molecule has 2 aliphatic heterocycles. The van der Waals surface area contributed by atoms with Crippen LogP contribution in [0.1, 0.15) is 63.5 Å². The smallest absolute Gasteiger partial charge is 1.00 e. The maximum atomic E-state index is 4.94. The van der Waals surface area contributed by atoms with Crippen molar-refractivity contribution in [2.24, 2.45) is 0 Å². The molecule has 4 nitrogen and oxygen atoms in total. The van der Waals surface area contributed by atoms with Crippen LogP contribution in [0.4, 0.5) is 11.4 Å². The van der Waals surface area contributed by atoms with Crippen molar-refractivity contribution in [2.75, 3.05) is 45.2 Å². The van der Waals surface area contributed by atoms with Crippen LogP contribution >= 0.6 is 0 Å². The Morgan fingerprint density at radius 3 is 1.23 bits per heavy atom. The Kier molecular flexibility index (Phi) is 21.1. The molecule has 0 atom stereocenters. The van der Waals surface area contributed by atoms with Gasteiger partial charge in [0.2, 0.25) is 0 Å². The van der Waals surface area contributed by atoms with Crippen LogP contribution in [0.15, 0.2) is 48.5 Å². The average Bonchev–Trinajstić information content (AvgIpc) is 3.59. The number of halogens is 2. The van der Waals surface area contributed by atoms with Crippen molar-refractivity contribution in [3.63, 3.8) is 0 Å². The van der Waals surface area contributed by atoms with E-state index in [4.69, 9.17) is 9.47 Å². The van der Waals surface area contributed by atoms with Crippen LogP contribution in [0, 0.1) is 13.8 Å². The molecule has 2 saturated heterocycles. The first kappa shape index (κ1) is 34.4. The third-order valence-electron chi connectivity index (χ3n) is 5.60. The summed E-state index contributed by atoms with van der Waals surface area (Å²) in [6.07, 6.45) is 7.51. The Bertz CT molecular complexity index is 695. The van der Waals surface area contributed by atoms with E-state index >= 15 is 0 Å². The van der Waals surface area contributed by atoms with Gasteiger partial charge in [0.15, 0.2) is 0 Å². The molecule has 0 aromatic heterocycles. The molecule has 2 aromatic carbocycles. The van der Waals surface area contributed by atoms with Crippen LogP contribution in [-0.2, 0) is 33.3 Å². The summed E-state index contributed by atoms with van der Waals surface area (Å²) in [5, 5.41) is 0. The van der Waals surface area contributed by atoms with Crippen LogP contribution in [0.25, 0.3) is 0 Å². The van der Waals surface area contributed by atoms with Gasteiger partial charge in [-0.1, -0.05) is 0 Å². The molecule has 0 saturated carbocycles. The first-order valence-corrected chi connectivity index (χ1v) is 14.9. The van der Waals surface area contributed by atoms with E-state index in [2.05, 4.69) is 81.9 Å². The van der Waals surface area contributed by atoms with Crippen molar-refractivity contribution in [1.29, 1.82) is 0 Å². The number of hydrogen-bond donors (Lipinski definition) is 0. The molecule has 0 spiro atoms. The molecule has 0 radical (unpaired) electrons. The van der Waals surface area contributed by atoms with E-state index in [9.17, 15) is 0 Å². The fourth-order valence-electron chi connectivity index (χ4n) is 3.79. The summed E-state index contributed by atoms with van der Waals surface area (Å²) in [5.41, 5.74) is 5.64. The predicted octanol–water partition coefficient (Wildman–Crippen LogP) is 0.951. The monoisotopic (exact) mass is 600 g/mol. The van der Waals surface area contributed by atoms with E-state index in [1.165, 1.54) is 61.0 Å². The fraction of sp³-hybridized carbons (Fsp3) is 0.571. The number of aryl methyl sites for hydroxylation is 2. The Labute approximate surface area is 239 Å². The average molecular weight is 603 g/mol. The summed E-state index contributed by atoms with van der Waals surface area (Å²) in [6.45, 7) is 15.3. The van der Waals surface area contributed by atoms with E-state index in [0.29, 0.717) is 0 Å². The number of rotatable bonds is 8. The minimum absolute atomic E-state index is 0. The third-order valence-corrected chi connectivity index (χ3v) is 9.07. The second-order valence-corrected chi connectivity index (χ2v) is 11.8. The van der Waals surface area contributed by atoms with Crippen molar-refractivity contribution in [2.45, 2.75) is 66.2 Å². The standard InChI is InChI=1S/2C10H14N.2C4H8O.2ClH.Zr/c2*1-3-8-11-10-7-5-4-6-9(10)2;2*1-2-4-5-3-1;;;/h2*4-7H,3,8H2,1-2H3;2*1-4H2;2*1H;/q2*-1;;;;;+4/p-2. The van der Waals surface area contributed by atoms with Gasteiger partial charge in [-0.05, 0) is 25.7 Å². The molecule has 0 unspecified atom stereocenters. The van der Waals surface area contributed by atoms with Crippen LogP contribution < -0.4 is 30.5 Å². The Hall–Kier alpha value is -0.577. The van der Waals surface area contributed by atoms with E-state index in [0.717, 1.165) is 39.5 Å². The summed E-state index contributed by atoms with van der Waals surface area (Å²) in [4.78, 5) is 0. The van der Waals surface area contributed by atoms with Gasteiger partial charge in [-0.3, -0.25) is 0 Å². The summed E-state index contributed by atoms with van der Waals surface area (Å²) < 4.78 is 15.3.